The Hall–Kier alpha value is -1.60. The number of para-hydroxylation sites is 2. The number of hydrogen-bond acceptors (Lipinski definition) is 3. The number of hydrogen-bond donors (Lipinski definition) is 1. The molecule has 0 radical (unpaired) electrons. The average Bonchev–Trinajstić information content (AvgIpc) is 2.55. The van der Waals surface area contributed by atoms with Gasteiger partial charge in [-0.2, -0.15) is 0 Å². The van der Waals surface area contributed by atoms with E-state index in [1.54, 1.807) is 0 Å². The van der Waals surface area contributed by atoms with Gasteiger partial charge in [-0.15, -0.1) is 0 Å². The Labute approximate surface area is 151 Å². The maximum Gasteiger partial charge on any atom is 0.238 e. The molecule has 1 N–H and O–H groups in total. The van der Waals surface area contributed by atoms with Crippen molar-refractivity contribution in [3.8, 4) is 5.75 Å². The van der Waals surface area contributed by atoms with Crippen molar-refractivity contribution in [3.63, 3.8) is 0 Å². The van der Waals surface area contributed by atoms with Crippen LogP contribution in [-0.2, 0) is 4.79 Å². The van der Waals surface area contributed by atoms with Crippen LogP contribution >= 0.6 is 22.6 Å². The van der Waals surface area contributed by atoms with Gasteiger partial charge in [-0.25, -0.2) is 0 Å². The fourth-order valence-electron chi connectivity index (χ4n) is 2.12. The van der Waals surface area contributed by atoms with E-state index in [-0.39, 0.29) is 5.91 Å². The van der Waals surface area contributed by atoms with Crippen LogP contribution in [0.4, 0.5) is 5.69 Å². The molecule has 1 amide bonds. The molecule has 0 fully saturated rings. The van der Waals surface area contributed by atoms with Crippen molar-refractivity contribution in [3.05, 3.63) is 58.2 Å². The van der Waals surface area contributed by atoms with Crippen molar-refractivity contribution in [1.82, 2.24) is 4.90 Å². The molecule has 122 valence electrons. The summed E-state index contributed by atoms with van der Waals surface area (Å²) in [6, 6.07) is 17.5. The van der Waals surface area contributed by atoms with Gasteiger partial charge < -0.3 is 10.1 Å². The van der Waals surface area contributed by atoms with E-state index in [0.29, 0.717) is 13.2 Å². The molecule has 0 aliphatic carbocycles. The van der Waals surface area contributed by atoms with Gasteiger partial charge in [-0.05, 0) is 60.3 Å². The topological polar surface area (TPSA) is 41.6 Å². The molecule has 0 heterocycles. The second-order valence-electron chi connectivity index (χ2n) is 5.28. The monoisotopic (exact) mass is 424 g/mol. The third-order valence-corrected chi connectivity index (χ3v) is 4.20. The number of amides is 1. The second-order valence-corrected chi connectivity index (χ2v) is 6.44. The van der Waals surface area contributed by atoms with Gasteiger partial charge in [0.25, 0.3) is 0 Å². The number of benzene rings is 2. The fourth-order valence-corrected chi connectivity index (χ4v) is 2.64. The Morgan fingerprint density at radius 3 is 2.57 bits per heavy atom. The van der Waals surface area contributed by atoms with Gasteiger partial charge in [0.1, 0.15) is 5.75 Å². The van der Waals surface area contributed by atoms with Gasteiger partial charge in [0.05, 0.1) is 18.8 Å². The Bertz CT molecular complexity index is 619. The van der Waals surface area contributed by atoms with Crippen LogP contribution in [0.2, 0.25) is 0 Å². The summed E-state index contributed by atoms with van der Waals surface area (Å²) in [4.78, 5) is 14.0. The van der Waals surface area contributed by atoms with E-state index in [9.17, 15) is 4.79 Å². The molecule has 0 bridgehead atoms. The number of nitrogens with one attached hydrogen (secondary N) is 1. The Balaban J connectivity index is 1.65. The predicted octanol–water partition coefficient (Wildman–Crippen LogP) is 3.63. The van der Waals surface area contributed by atoms with Crippen LogP contribution < -0.4 is 10.1 Å². The van der Waals surface area contributed by atoms with Crippen LogP contribution in [0.25, 0.3) is 0 Å². The van der Waals surface area contributed by atoms with E-state index < -0.39 is 0 Å². The molecule has 0 aliphatic rings. The number of likely N-dealkylation sites (N-methyl/N-ethyl adjacent to an activating group) is 1. The maximum absolute atomic E-state index is 12.0. The molecule has 2 rings (SSSR count). The first-order valence-corrected chi connectivity index (χ1v) is 8.64. The zero-order valence-corrected chi connectivity index (χ0v) is 15.3. The molecule has 0 spiro atoms. The zero-order valence-electron chi connectivity index (χ0n) is 13.2. The van der Waals surface area contributed by atoms with Gasteiger partial charge >= 0.3 is 0 Å². The Morgan fingerprint density at radius 1 is 1.13 bits per heavy atom. The Kier molecular flexibility index (Phi) is 7.35. The summed E-state index contributed by atoms with van der Waals surface area (Å²) in [6.45, 7) is 1.83. The molecule has 0 aromatic heterocycles. The number of halogens is 1. The van der Waals surface area contributed by atoms with Crippen LogP contribution in [0.1, 0.15) is 6.42 Å². The first kappa shape index (κ1) is 17.7. The highest BCUT2D eigenvalue weighted by molar-refractivity contribution is 14.1. The highest BCUT2D eigenvalue weighted by Gasteiger charge is 2.08. The lowest BCUT2D eigenvalue weighted by Crippen LogP contribution is -2.31. The minimum absolute atomic E-state index is 0.000550. The lowest BCUT2D eigenvalue weighted by atomic mass is 10.3. The summed E-state index contributed by atoms with van der Waals surface area (Å²) in [7, 11) is 1.94. The molecule has 2 aromatic rings. The number of rotatable bonds is 8. The van der Waals surface area contributed by atoms with Crippen molar-refractivity contribution in [1.29, 1.82) is 0 Å². The zero-order chi connectivity index (χ0) is 16.5. The van der Waals surface area contributed by atoms with Crippen molar-refractivity contribution >= 4 is 34.2 Å². The Morgan fingerprint density at radius 2 is 1.83 bits per heavy atom. The number of anilines is 1. The fraction of sp³-hybridized carbons (Fsp3) is 0.278. The SMILES string of the molecule is CN(CCCOc1ccccc1)CC(=O)Nc1ccccc1I. The third kappa shape index (κ3) is 6.58. The van der Waals surface area contributed by atoms with Crippen LogP contribution in [-0.4, -0.2) is 37.6 Å². The average molecular weight is 424 g/mol. The van der Waals surface area contributed by atoms with Crippen molar-refractivity contribution in [2.75, 3.05) is 32.1 Å². The number of carbonyl (C=O) groups excluding carboxylic acids is 1. The summed E-state index contributed by atoms with van der Waals surface area (Å²) >= 11 is 2.22. The van der Waals surface area contributed by atoms with Gasteiger partial charge in [0, 0.05) is 10.1 Å². The normalized spacial score (nSPS) is 10.6. The van der Waals surface area contributed by atoms with Crippen molar-refractivity contribution < 1.29 is 9.53 Å². The summed E-state index contributed by atoms with van der Waals surface area (Å²) in [6.07, 6.45) is 0.877. The molecule has 0 atom stereocenters. The smallest absolute Gasteiger partial charge is 0.238 e. The number of ether oxygens (including phenoxy) is 1. The van der Waals surface area contributed by atoms with E-state index in [1.165, 1.54) is 0 Å². The van der Waals surface area contributed by atoms with E-state index in [1.807, 2.05) is 66.5 Å². The van der Waals surface area contributed by atoms with E-state index in [2.05, 4.69) is 27.9 Å². The molecular weight excluding hydrogens is 403 g/mol. The maximum atomic E-state index is 12.0. The standard InChI is InChI=1S/C18H21IN2O2/c1-21(12-7-13-23-15-8-3-2-4-9-15)14-18(22)20-17-11-6-5-10-16(17)19/h2-6,8-11H,7,12-14H2,1H3,(H,20,22). The molecular formula is C18H21IN2O2. The first-order chi connectivity index (χ1) is 11.1. The minimum atomic E-state index is 0.000550. The van der Waals surface area contributed by atoms with Gasteiger partial charge in [-0.3, -0.25) is 9.69 Å². The van der Waals surface area contributed by atoms with Crippen LogP contribution in [0.15, 0.2) is 54.6 Å². The predicted molar refractivity (Wildman–Crippen MR) is 102 cm³/mol. The van der Waals surface area contributed by atoms with Crippen LogP contribution in [0.3, 0.4) is 0 Å². The molecule has 0 saturated heterocycles. The first-order valence-electron chi connectivity index (χ1n) is 7.56. The van der Waals surface area contributed by atoms with Gasteiger partial charge in [0.2, 0.25) is 5.91 Å². The summed E-state index contributed by atoms with van der Waals surface area (Å²) in [5.41, 5.74) is 0.860. The second kappa shape index (κ2) is 9.52. The van der Waals surface area contributed by atoms with E-state index >= 15 is 0 Å². The highest BCUT2D eigenvalue weighted by atomic mass is 127. The molecule has 0 saturated carbocycles. The van der Waals surface area contributed by atoms with Gasteiger partial charge in [-0.1, -0.05) is 30.3 Å². The van der Waals surface area contributed by atoms with E-state index in [4.69, 9.17) is 4.74 Å². The third-order valence-electron chi connectivity index (χ3n) is 3.26. The molecule has 0 aliphatic heterocycles. The molecule has 2 aromatic carbocycles. The molecule has 4 nitrogen and oxygen atoms in total. The molecule has 5 heteroatoms. The summed E-state index contributed by atoms with van der Waals surface area (Å²) < 4.78 is 6.68. The summed E-state index contributed by atoms with van der Waals surface area (Å²) in [5.74, 6) is 0.882. The van der Waals surface area contributed by atoms with Crippen molar-refractivity contribution in [2.24, 2.45) is 0 Å². The van der Waals surface area contributed by atoms with Gasteiger partial charge in [0.15, 0.2) is 0 Å². The van der Waals surface area contributed by atoms with E-state index in [0.717, 1.165) is 28.0 Å². The summed E-state index contributed by atoms with van der Waals surface area (Å²) in [5, 5.41) is 2.94. The minimum Gasteiger partial charge on any atom is -0.494 e. The van der Waals surface area contributed by atoms with Crippen LogP contribution in [0.5, 0.6) is 5.75 Å². The molecule has 23 heavy (non-hydrogen) atoms. The quantitative estimate of drug-likeness (QED) is 0.520. The number of nitrogens with zero attached hydrogens (tertiary/aromatic N) is 1. The highest BCUT2D eigenvalue weighted by Crippen LogP contribution is 2.16. The number of carbonyl (C=O) groups is 1. The lowest BCUT2D eigenvalue weighted by Gasteiger charge is -2.16. The lowest BCUT2D eigenvalue weighted by molar-refractivity contribution is -0.117. The van der Waals surface area contributed by atoms with Crippen molar-refractivity contribution in [2.45, 2.75) is 6.42 Å². The molecule has 0 unspecified atom stereocenters. The van der Waals surface area contributed by atoms with Crippen LogP contribution in [0, 0.1) is 3.57 Å². The largest absolute Gasteiger partial charge is 0.494 e.